The van der Waals surface area contributed by atoms with Gasteiger partial charge in [0, 0.05) is 11.3 Å². The molecule has 112 valence electrons. The lowest BCUT2D eigenvalue weighted by molar-refractivity contribution is 0.296. The smallest absolute Gasteiger partial charge is 0.125 e. The summed E-state index contributed by atoms with van der Waals surface area (Å²) >= 11 is 0. The van der Waals surface area contributed by atoms with E-state index in [1.54, 1.807) is 7.11 Å². The number of anilines is 1. The van der Waals surface area contributed by atoms with Crippen molar-refractivity contribution >= 4 is 5.69 Å². The summed E-state index contributed by atoms with van der Waals surface area (Å²) in [4.78, 5) is 0. The molecule has 3 nitrogen and oxygen atoms in total. The topological polar surface area (TPSA) is 44.5 Å². The standard InChI is InChI=1S/C18H23NO2/c1-18(2,3)14-5-8-16(9-6-14)21-12-13-11-15(19)7-10-17(13)20-4/h5-11H,12,19H2,1-4H3. The predicted molar refractivity (Wildman–Crippen MR) is 86.9 cm³/mol. The highest BCUT2D eigenvalue weighted by Crippen LogP contribution is 2.26. The maximum atomic E-state index is 5.82. The van der Waals surface area contributed by atoms with Crippen LogP contribution in [-0.2, 0) is 12.0 Å². The first-order valence-electron chi connectivity index (χ1n) is 7.06. The maximum Gasteiger partial charge on any atom is 0.125 e. The summed E-state index contributed by atoms with van der Waals surface area (Å²) in [5, 5.41) is 0. The predicted octanol–water partition coefficient (Wildman–Crippen LogP) is 4.15. The number of hydrogen-bond acceptors (Lipinski definition) is 3. The lowest BCUT2D eigenvalue weighted by Crippen LogP contribution is -2.10. The van der Waals surface area contributed by atoms with Gasteiger partial charge in [0.25, 0.3) is 0 Å². The van der Waals surface area contributed by atoms with Crippen molar-refractivity contribution in [1.82, 2.24) is 0 Å². The molecule has 2 N–H and O–H groups in total. The molecule has 2 aromatic rings. The Hall–Kier alpha value is -2.16. The molecular weight excluding hydrogens is 262 g/mol. The quantitative estimate of drug-likeness (QED) is 0.858. The molecule has 2 rings (SSSR count). The van der Waals surface area contributed by atoms with Gasteiger partial charge in [-0.1, -0.05) is 32.9 Å². The van der Waals surface area contributed by atoms with Gasteiger partial charge in [0.05, 0.1) is 7.11 Å². The van der Waals surface area contributed by atoms with Crippen LogP contribution in [-0.4, -0.2) is 7.11 Å². The Bertz CT molecular complexity index is 598. The zero-order valence-corrected chi connectivity index (χ0v) is 13.1. The van der Waals surface area contributed by atoms with Crippen molar-refractivity contribution in [2.75, 3.05) is 12.8 Å². The molecule has 0 saturated heterocycles. The Kier molecular flexibility index (Phi) is 4.41. The van der Waals surface area contributed by atoms with Crippen molar-refractivity contribution in [2.24, 2.45) is 0 Å². The summed E-state index contributed by atoms with van der Waals surface area (Å²) < 4.78 is 11.1. The van der Waals surface area contributed by atoms with E-state index in [2.05, 4.69) is 32.9 Å². The molecule has 0 aliphatic rings. The SMILES string of the molecule is COc1ccc(N)cc1COc1ccc(C(C)(C)C)cc1. The summed E-state index contributed by atoms with van der Waals surface area (Å²) in [5.41, 5.74) is 8.89. The van der Waals surface area contributed by atoms with Crippen molar-refractivity contribution in [3.63, 3.8) is 0 Å². The van der Waals surface area contributed by atoms with Gasteiger partial charge < -0.3 is 15.2 Å². The van der Waals surface area contributed by atoms with Crippen LogP contribution in [0.4, 0.5) is 5.69 Å². The summed E-state index contributed by atoms with van der Waals surface area (Å²) in [6.07, 6.45) is 0. The van der Waals surface area contributed by atoms with E-state index in [0.717, 1.165) is 17.1 Å². The molecule has 0 atom stereocenters. The molecule has 0 aliphatic heterocycles. The van der Waals surface area contributed by atoms with Gasteiger partial charge in [-0.2, -0.15) is 0 Å². The van der Waals surface area contributed by atoms with Crippen LogP contribution < -0.4 is 15.2 Å². The van der Waals surface area contributed by atoms with Crippen molar-refractivity contribution in [3.8, 4) is 11.5 Å². The fourth-order valence-corrected chi connectivity index (χ4v) is 2.12. The van der Waals surface area contributed by atoms with Crippen LogP contribution in [0.2, 0.25) is 0 Å². The minimum Gasteiger partial charge on any atom is -0.496 e. The van der Waals surface area contributed by atoms with Gasteiger partial charge in [0.1, 0.15) is 18.1 Å². The fourth-order valence-electron chi connectivity index (χ4n) is 2.12. The van der Waals surface area contributed by atoms with E-state index in [0.29, 0.717) is 12.3 Å². The van der Waals surface area contributed by atoms with E-state index in [4.69, 9.17) is 15.2 Å². The van der Waals surface area contributed by atoms with Crippen LogP contribution in [0.15, 0.2) is 42.5 Å². The highest BCUT2D eigenvalue weighted by Gasteiger charge is 2.13. The van der Waals surface area contributed by atoms with E-state index in [1.165, 1.54) is 5.56 Å². The van der Waals surface area contributed by atoms with E-state index in [9.17, 15) is 0 Å². The van der Waals surface area contributed by atoms with Crippen LogP contribution in [0.5, 0.6) is 11.5 Å². The minimum atomic E-state index is 0.148. The highest BCUT2D eigenvalue weighted by molar-refractivity contribution is 5.47. The number of nitrogen functional groups attached to an aromatic ring is 1. The molecule has 0 radical (unpaired) electrons. The van der Waals surface area contributed by atoms with Crippen molar-refractivity contribution < 1.29 is 9.47 Å². The van der Waals surface area contributed by atoms with Crippen LogP contribution >= 0.6 is 0 Å². The molecule has 2 aromatic carbocycles. The second-order valence-corrected chi connectivity index (χ2v) is 6.13. The molecule has 0 aromatic heterocycles. The summed E-state index contributed by atoms with van der Waals surface area (Å²) in [5.74, 6) is 1.63. The number of methoxy groups -OCH3 is 1. The van der Waals surface area contributed by atoms with Gasteiger partial charge in [0.15, 0.2) is 0 Å². The molecule has 0 heterocycles. The number of nitrogens with two attached hydrogens (primary N) is 1. The molecule has 0 spiro atoms. The van der Waals surface area contributed by atoms with Crippen LogP contribution in [0.25, 0.3) is 0 Å². The zero-order valence-electron chi connectivity index (χ0n) is 13.1. The Labute approximate surface area is 126 Å². The second-order valence-electron chi connectivity index (χ2n) is 6.13. The van der Waals surface area contributed by atoms with Crippen LogP contribution in [0.3, 0.4) is 0 Å². The molecule has 0 bridgehead atoms. The van der Waals surface area contributed by atoms with E-state index in [1.807, 2.05) is 30.3 Å². The van der Waals surface area contributed by atoms with Gasteiger partial charge in [-0.25, -0.2) is 0 Å². The normalized spacial score (nSPS) is 11.2. The van der Waals surface area contributed by atoms with Gasteiger partial charge in [-0.15, -0.1) is 0 Å². The van der Waals surface area contributed by atoms with Crippen LogP contribution in [0, 0.1) is 0 Å². The van der Waals surface area contributed by atoms with Gasteiger partial charge in [0.2, 0.25) is 0 Å². The number of hydrogen-bond donors (Lipinski definition) is 1. The largest absolute Gasteiger partial charge is 0.496 e. The fraction of sp³-hybridized carbons (Fsp3) is 0.333. The average molecular weight is 285 g/mol. The minimum absolute atomic E-state index is 0.148. The third-order valence-corrected chi connectivity index (χ3v) is 3.42. The lowest BCUT2D eigenvalue weighted by Gasteiger charge is -2.19. The third kappa shape index (κ3) is 3.91. The lowest BCUT2D eigenvalue weighted by atomic mass is 9.87. The highest BCUT2D eigenvalue weighted by atomic mass is 16.5. The first-order chi connectivity index (χ1) is 9.90. The Balaban J connectivity index is 2.08. The van der Waals surface area contributed by atoms with Gasteiger partial charge in [-0.05, 0) is 41.3 Å². The number of rotatable bonds is 4. The first kappa shape index (κ1) is 15.2. The molecular formula is C18H23NO2. The Morgan fingerprint density at radius 3 is 2.24 bits per heavy atom. The molecule has 3 heteroatoms. The van der Waals surface area contributed by atoms with Crippen LogP contribution in [0.1, 0.15) is 31.9 Å². The third-order valence-electron chi connectivity index (χ3n) is 3.42. The summed E-state index contributed by atoms with van der Waals surface area (Å²) in [7, 11) is 1.65. The zero-order chi connectivity index (χ0) is 15.5. The van der Waals surface area contributed by atoms with Gasteiger partial charge in [-0.3, -0.25) is 0 Å². The molecule has 0 fully saturated rings. The average Bonchev–Trinajstić information content (AvgIpc) is 2.45. The number of benzene rings is 2. The van der Waals surface area contributed by atoms with Gasteiger partial charge >= 0.3 is 0 Å². The van der Waals surface area contributed by atoms with E-state index < -0.39 is 0 Å². The first-order valence-corrected chi connectivity index (χ1v) is 7.06. The molecule has 0 saturated carbocycles. The van der Waals surface area contributed by atoms with Crippen molar-refractivity contribution in [3.05, 3.63) is 53.6 Å². The number of ether oxygens (including phenoxy) is 2. The molecule has 0 unspecified atom stereocenters. The summed E-state index contributed by atoms with van der Waals surface area (Å²) in [6, 6.07) is 13.8. The second kappa shape index (κ2) is 6.08. The monoisotopic (exact) mass is 285 g/mol. The van der Waals surface area contributed by atoms with E-state index in [-0.39, 0.29) is 5.41 Å². The molecule has 21 heavy (non-hydrogen) atoms. The molecule has 0 amide bonds. The van der Waals surface area contributed by atoms with Crippen molar-refractivity contribution in [2.45, 2.75) is 32.8 Å². The van der Waals surface area contributed by atoms with E-state index >= 15 is 0 Å². The maximum absolute atomic E-state index is 5.82. The molecule has 0 aliphatic carbocycles. The Morgan fingerprint density at radius 2 is 1.67 bits per heavy atom. The van der Waals surface area contributed by atoms with Crippen molar-refractivity contribution in [1.29, 1.82) is 0 Å². The Morgan fingerprint density at radius 1 is 1.00 bits per heavy atom. The summed E-state index contributed by atoms with van der Waals surface area (Å²) in [6.45, 7) is 7.02.